The Labute approximate surface area is 136 Å². The van der Waals surface area contributed by atoms with Gasteiger partial charge in [0.15, 0.2) is 5.75 Å². The first-order chi connectivity index (χ1) is 10.3. The third kappa shape index (κ3) is 3.65. The average Bonchev–Trinajstić information content (AvgIpc) is 2.92. The van der Waals surface area contributed by atoms with E-state index in [0.29, 0.717) is 29.6 Å². The van der Waals surface area contributed by atoms with Crippen molar-refractivity contribution in [3.8, 4) is 5.75 Å². The van der Waals surface area contributed by atoms with Crippen LogP contribution < -0.4 is 10.1 Å². The van der Waals surface area contributed by atoms with E-state index in [1.165, 1.54) is 0 Å². The van der Waals surface area contributed by atoms with Gasteiger partial charge in [-0.15, -0.1) is 0 Å². The molecule has 1 aliphatic heterocycles. The quantitative estimate of drug-likeness (QED) is 0.890. The topological polar surface area (TPSA) is 61.8 Å². The molecule has 1 saturated heterocycles. The lowest BCUT2D eigenvalue weighted by atomic mass is 9.97. The second kappa shape index (κ2) is 6.75. The van der Waals surface area contributed by atoms with Gasteiger partial charge in [-0.05, 0) is 45.7 Å². The molecule has 0 aromatic heterocycles. The molecule has 2 amide bonds. The molecule has 0 saturated carbocycles. The fraction of sp³-hybridized carbons (Fsp3) is 0.562. The number of hydrogen-bond donors (Lipinski definition) is 2. The van der Waals surface area contributed by atoms with Gasteiger partial charge in [0, 0.05) is 6.54 Å². The summed E-state index contributed by atoms with van der Waals surface area (Å²) in [7, 11) is 0. The van der Waals surface area contributed by atoms with Gasteiger partial charge in [0.05, 0.1) is 29.0 Å². The van der Waals surface area contributed by atoms with Gasteiger partial charge < -0.3 is 20.1 Å². The zero-order valence-electron chi connectivity index (χ0n) is 13.2. The highest BCUT2D eigenvalue weighted by Crippen LogP contribution is 2.34. The number of rotatable bonds is 4. The van der Waals surface area contributed by atoms with Crippen LogP contribution in [0.25, 0.3) is 0 Å². The van der Waals surface area contributed by atoms with E-state index in [-0.39, 0.29) is 12.1 Å². The molecule has 122 valence electrons. The molecule has 5 nitrogen and oxygen atoms in total. The lowest BCUT2D eigenvalue weighted by molar-refractivity contribution is 0.0117. The highest BCUT2D eigenvalue weighted by Gasteiger charge is 2.38. The molecule has 2 rings (SSSR count). The Hall–Kier alpha value is -1.46. The summed E-state index contributed by atoms with van der Waals surface area (Å²) in [6, 6.07) is 4.80. The lowest BCUT2D eigenvalue weighted by Gasteiger charge is -2.33. The highest BCUT2D eigenvalue weighted by atomic mass is 35.5. The second-order valence-corrected chi connectivity index (χ2v) is 6.39. The number of hydrogen-bond acceptors (Lipinski definition) is 3. The Morgan fingerprint density at radius 2 is 2.27 bits per heavy atom. The van der Waals surface area contributed by atoms with E-state index in [0.717, 1.165) is 12.8 Å². The Bertz CT molecular complexity index is 543. The van der Waals surface area contributed by atoms with E-state index < -0.39 is 5.60 Å². The van der Waals surface area contributed by atoms with Gasteiger partial charge in [0.1, 0.15) is 0 Å². The third-order valence-corrected chi connectivity index (χ3v) is 4.12. The standard InChI is InChI=1S/C16H23ClN2O3/c1-4-22-14-11(17)7-5-8-12(14)18-15(20)19-10-6-9-13(19)16(2,3)21/h5,7-8,13,21H,4,6,9-10H2,1-3H3,(H,18,20). The first kappa shape index (κ1) is 16.9. The fourth-order valence-corrected chi connectivity index (χ4v) is 3.06. The molecule has 1 heterocycles. The summed E-state index contributed by atoms with van der Waals surface area (Å²) < 4.78 is 5.51. The number of para-hydroxylation sites is 1. The molecule has 1 aromatic rings. The monoisotopic (exact) mass is 326 g/mol. The Morgan fingerprint density at radius 1 is 1.55 bits per heavy atom. The second-order valence-electron chi connectivity index (χ2n) is 5.98. The Balaban J connectivity index is 2.17. The van der Waals surface area contributed by atoms with Crippen molar-refractivity contribution in [3.05, 3.63) is 23.2 Å². The van der Waals surface area contributed by atoms with Crippen molar-refractivity contribution in [3.63, 3.8) is 0 Å². The largest absolute Gasteiger partial charge is 0.490 e. The van der Waals surface area contributed by atoms with Crippen molar-refractivity contribution in [1.82, 2.24) is 4.90 Å². The van der Waals surface area contributed by atoms with Crippen LogP contribution in [0.5, 0.6) is 5.75 Å². The van der Waals surface area contributed by atoms with Crippen molar-refractivity contribution in [2.45, 2.75) is 45.3 Å². The van der Waals surface area contributed by atoms with E-state index in [2.05, 4.69) is 5.32 Å². The van der Waals surface area contributed by atoms with Gasteiger partial charge in [-0.25, -0.2) is 4.79 Å². The molecule has 1 aliphatic rings. The number of aliphatic hydroxyl groups is 1. The van der Waals surface area contributed by atoms with Crippen LogP contribution >= 0.6 is 11.6 Å². The lowest BCUT2D eigenvalue weighted by Crippen LogP contribution is -2.49. The van der Waals surface area contributed by atoms with Crippen LogP contribution in [0.1, 0.15) is 33.6 Å². The van der Waals surface area contributed by atoms with Crippen LogP contribution in [0.15, 0.2) is 18.2 Å². The first-order valence-electron chi connectivity index (χ1n) is 7.56. The highest BCUT2D eigenvalue weighted by molar-refractivity contribution is 6.32. The molecule has 0 aliphatic carbocycles. The van der Waals surface area contributed by atoms with E-state index in [4.69, 9.17) is 16.3 Å². The van der Waals surface area contributed by atoms with Crippen LogP contribution in [-0.4, -0.2) is 40.8 Å². The van der Waals surface area contributed by atoms with Crippen LogP contribution in [-0.2, 0) is 0 Å². The minimum atomic E-state index is -0.926. The Morgan fingerprint density at radius 3 is 2.91 bits per heavy atom. The number of halogens is 1. The Kier molecular flexibility index (Phi) is 5.19. The van der Waals surface area contributed by atoms with Crippen molar-refractivity contribution >= 4 is 23.3 Å². The number of carbonyl (C=O) groups excluding carboxylic acids is 1. The van der Waals surface area contributed by atoms with Gasteiger partial charge in [-0.1, -0.05) is 17.7 Å². The maximum Gasteiger partial charge on any atom is 0.322 e. The van der Waals surface area contributed by atoms with E-state index in [1.54, 1.807) is 36.9 Å². The molecule has 1 unspecified atom stereocenters. The number of ether oxygens (including phenoxy) is 1. The van der Waals surface area contributed by atoms with Gasteiger partial charge in [0.25, 0.3) is 0 Å². The molecular formula is C16H23ClN2O3. The molecule has 22 heavy (non-hydrogen) atoms. The number of urea groups is 1. The minimum Gasteiger partial charge on any atom is -0.490 e. The number of nitrogens with zero attached hydrogens (tertiary/aromatic N) is 1. The molecule has 1 fully saturated rings. The summed E-state index contributed by atoms with van der Waals surface area (Å²) in [6.45, 7) is 6.41. The predicted molar refractivity (Wildman–Crippen MR) is 87.7 cm³/mol. The number of carbonyl (C=O) groups is 1. The average molecular weight is 327 g/mol. The molecule has 6 heteroatoms. The summed E-state index contributed by atoms with van der Waals surface area (Å²) in [6.07, 6.45) is 1.68. The van der Waals surface area contributed by atoms with Crippen LogP contribution in [0.2, 0.25) is 5.02 Å². The van der Waals surface area contributed by atoms with Gasteiger partial charge >= 0.3 is 6.03 Å². The van der Waals surface area contributed by atoms with E-state index >= 15 is 0 Å². The summed E-state index contributed by atoms with van der Waals surface area (Å²) in [4.78, 5) is 14.2. The maximum atomic E-state index is 12.5. The van der Waals surface area contributed by atoms with E-state index in [1.807, 2.05) is 6.92 Å². The number of amides is 2. The van der Waals surface area contributed by atoms with Crippen molar-refractivity contribution in [2.24, 2.45) is 0 Å². The SMILES string of the molecule is CCOc1c(Cl)cccc1NC(=O)N1CCCC1C(C)(C)O. The molecule has 0 radical (unpaired) electrons. The molecule has 1 aromatic carbocycles. The van der Waals surface area contributed by atoms with Crippen LogP contribution in [0.3, 0.4) is 0 Å². The predicted octanol–water partition coefficient (Wildman–Crippen LogP) is 3.51. The number of anilines is 1. The number of nitrogens with one attached hydrogen (secondary N) is 1. The smallest absolute Gasteiger partial charge is 0.322 e. The van der Waals surface area contributed by atoms with Gasteiger partial charge in [-0.3, -0.25) is 0 Å². The molecular weight excluding hydrogens is 304 g/mol. The van der Waals surface area contributed by atoms with Crippen molar-refractivity contribution < 1.29 is 14.6 Å². The van der Waals surface area contributed by atoms with Crippen molar-refractivity contribution in [1.29, 1.82) is 0 Å². The summed E-state index contributed by atoms with van der Waals surface area (Å²) in [5, 5.41) is 13.5. The molecule has 2 N–H and O–H groups in total. The first-order valence-corrected chi connectivity index (χ1v) is 7.93. The molecule has 1 atom stereocenters. The normalized spacial score (nSPS) is 18.4. The zero-order chi connectivity index (χ0) is 16.3. The van der Waals surface area contributed by atoms with Gasteiger partial charge in [-0.2, -0.15) is 0 Å². The van der Waals surface area contributed by atoms with Gasteiger partial charge in [0.2, 0.25) is 0 Å². The van der Waals surface area contributed by atoms with E-state index in [9.17, 15) is 9.90 Å². The molecule has 0 spiro atoms. The summed E-state index contributed by atoms with van der Waals surface area (Å²) in [5.74, 6) is 0.471. The molecule has 0 bridgehead atoms. The third-order valence-electron chi connectivity index (χ3n) is 3.83. The van der Waals surface area contributed by atoms with Crippen molar-refractivity contribution in [2.75, 3.05) is 18.5 Å². The summed E-state index contributed by atoms with van der Waals surface area (Å²) in [5.41, 5.74) is -0.383. The minimum absolute atomic E-state index is 0.192. The fourth-order valence-electron chi connectivity index (χ4n) is 2.83. The van der Waals surface area contributed by atoms with Crippen LogP contribution in [0.4, 0.5) is 10.5 Å². The summed E-state index contributed by atoms with van der Waals surface area (Å²) >= 11 is 6.12. The maximum absolute atomic E-state index is 12.5. The van der Waals surface area contributed by atoms with Crippen LogP contribution in [0, 0.1) is 0 Å². The number of benzene rings is 1. The zero-order valence-corrected chi connectivity index (χ0v) is 14.0. The number of likely N-dealkylation sites (tertiary alicyclic amines) is 1.